The number of benzene rings is 1. The summed E-state index contributed by atoms with van der Waals surface area (Å²) in [6, 6.07) is 9.48. The van der Waals surface area contributed by atoms with Gasteiger partial charge >= 0.3 is 6.55 Å². The topological polar surface area (TPSA) is 34.5 Å². The van der Waals surface area contributed by atoms with E-state index in [0.29, 0.717) is 15.7 Å². The Morgan fingerprint density at radius 2 is 1.71 bits per heavy atom. The highest BCUT2D eigenvalue weighted by atomic mass is 35.5. The predicted molar refractivity (Wildman–Crippen MR) is 105 cm³/mol. The van der Waals surface area contributed by atoms with Crippen LogP contribution in [0.15, 0.2) is 41.3 Å². The van der Waals surface area contributed by atoms with E-state index in [-0.39, 0.29) is 11.1 Å². The lowest BCUT2D eigenvalue weighted by Gasteiger charge is -2.41. The Bertz CT molecular complexity index is 873. The molecule has 0 radical (unpaired) electrons. The molecule has 2 aromatic rings. The van der Waals surface area contributed by atoms with Crippen LogP contribution in [0.2, 0.25) is 5.02 Å². The second kappa shape index (κ2) is 8.21. The first-order valence-corrected chi connectivity index (χ1v) is 10.1. The number of alkyl halides is 2. The summed E-state index contributed by atoms with van der Waals surface area (Å²) in [5.41, 5.74) is 0.229. The van der Waals surface area contributed by atoms with E-state index in [0.717, 1.165) is 43.9 Å². The number of piperidine rings is 1. The van der Waals surface area contributed by atoms with Crippen LogP contribution in [0.5, 0.6) is 5.75 Å². The van der Waals surface area contributed by atoms with Gasteiger partial charge in [-0.2, -0.15) is 8.78 Å². The van der Waals surface area contributed by atoms with E-state index >= 15 is 0 Å². The van der Waals surface area contributed by atoms with Gasteiger partial charge in [0.1, 0.15) is 16.9 Å². The molecule has 150 valence electrons. The molecule has 2 heterocycles. The molecule has 1 aromatic carbocycles. The van der Waals surface area contributed by atoms with Crippen LogP contribution in [0.25, 0.3) is 11.1 Å². The van der Waals surface area contributed by atoms with Gasteiger partial charge in [-0.25, -0.2) is 0 Å². The maximum absolute atomic E-state index is 12.8. The average molecular weight is 409 g/mol. The SMILES string of the molecule is O=c1c(Cl)c(-c2ccc(OC3CCN(C4CCC4)CC3)cc2)ccn1C(F)F. The van der Waals surface area contributed by atoms with Crippen LogP contribution in [0.3, 0.4) is 0 Å². The molecule has 0 unspecified atom stereocenters. The van der Waals surface area contributed by atoms with Gasteiger partial charge in [0.05, 0.1) is 0 Å². The van der Waals surface area contributed by atoms with Crippen molar-refractivity contribution in [2.45, 2.75) is 50.8 Å². The molecule has 28 heavy (non-hydrogen) atoms. The van der Waals surface area contributed by atoms with E-state index in [9.17, 15) is 13.6 Å². The first-order chi connectivity index (χ1) is 13.5. The first kappa shape index (κ1) is 19.4. The van der Waals surface area contributed by atoms with Gasteiger partial charge in [0.2, 0.25) is 0 Å². The molecule has 1 saturated carbocycles. The molecule has 1 aliphatic heterocycles. The van der Waals surface area contributed by atoms with Crippen molar-refractivity contribution in [2.75, 3.05) is 13.1 Å². The van der Waals surface area contributed by atoms with E-state index in [1.165, 1.54) is 25.3 Å². The number of hydrogen-bond acceptors (Lipinski definition) is 3. The van der Waals surface area contributed by atoms with E-state index in [2.05, 4.69) is 4.90 Å². The molecule has 0 spiro atoms. The summed E-state index contributed by atoms with van der Waals surface area (Å²) in [5, 5.41) is -0.208. The zero-order valence-electron chi connectivity index (χ0n) is 15.5. The predicted octanol–water partition coefficient (Wildman–Crippen LogP) is 4.96. The van der Waals surface area contributed by atoms with E-state index in [1.54, 1.807) is 12.1 Å². The molecule has 0 atom stereocenters. The van der Waals surface area contributed by atoms with Crippen molar-refractivity contribution in [2.24, 2.45) is 0 Å². The van der Waals surface area contributed by atoms with Crippen molar-refractivity contribution in [3.8, 4) is 16.9 Å². The Hall–Kier alpha value is -1.92. The van der Waals surface area contributed by atoms with Crippen molar-refractivity contribution in [3.05, 3.63) is 51.9 Å². The summed E-state index contributed by atoms with van der Waals surface area (Å²) in [6.45, 7) is -0.738. The molecule has 7 heteroatoms. The minimum atomic E-state index is -2.91. The zero-order chi connectivity index (χ0) is 19.7. The van der Waals surface area contributed by atoms with Crippen LogP contribution in [-0.4, -0.2) is 34.7 Å². The lowest BCUT2D eigenvalue weighted by atomic mass is 9.90. The zero-order valence-corrected chi connectivity index (χ0v) is 16.2. The van der Waals surface area contributed by atoms with Crippen molar-refractivity contribution in [1.29, 1.82) is 0 Å². The van der Waals surface area contributed by atoms with Crippen LogP contribution >= 0.6 is 11.6 Å². The monoisotopic (exact) mass is 408 g/mol. The molecule has 1 saturated heterocycles. The minimum absolute atomic E-state index is 0.208. The lowest BCUT2D eigenvalue weighted by Crippen LogP contribution is -2.46. The van der Waals surface area contributed by atoms with Crippen molar-refractivity contribution in [3.63, 3.8) is 0 Å². The Balaban J connectivity index is 1.40. The summed E-state index contributed by atoms with van der Waals surface area (Å²) in [7, 11) is 0. The molecule has 1 aliphatic carbocycles. The van der Waals surface area contributed by atoms with Gasteiger partial charge in [0, 0.05) is 30.9 Å². The summed E-state index contributed by atoms with van der Waals surface area (Å²) in [6.07, 6.45) is 7.34. The highest BCUT2D eigenvalue weighted by molar-refractivity contribution is 6.33. The number of ether oxygens (including phenoxy) is 1. The standard InChI is InChI=1S/C21H23ClF2N2O2/c22-19-18(10-13-26(20(19)27)21(23)24)14-4-6-16(7-5-14)28-17-8-11-25(12-9-17)15-2-1-3-15/h4-7,10,13,15,17,21H,1-3,8-9,11-12H2. The largest absolute Gasteiger partial charge is 0.490 e. The molecule has 1 aromatic heterocycles. The minimum Gasteiger partial charge on any atom is -0.490 e. The molecule has 0 bridgehead atoms. The van der Waals surface area contributed by atoms with Gasteiger partial charge < -0.3 is 9.64 Å². The highest BCUT2D eigenvalue weighted by Gasteiger charge is 2.29. The third-order valence-electron chi connectivity index (χ3n) is 5.81. The van der Waals surface area contributed by atoms with E-state index in [1.807, 2.05) is 12.1 Å². The van der Waals surface area contributed by atoms with Gasteiger partial charge in [-0.3, -0.25) is 9.36 Å². The number of aromatic nitrogens is 1. The number of halogens is 3. The van der Waals surface area contributed by atoms with Crippen LogP contribution in [0, 0.1) is 0 Å². The Morgan fingerprint density at radius 3 is 2.29 bits per heavy atom. The van der Waals surface area contributed by atoms with Crippen LogP contribution in [-0.2, 0) is 0 Å². The lowest BCUT2D eigenvalue weighted by molar-refractivity contribution is 0.0493. The quantitative estimate of drug-likeness (QED) is 0.701. The Kier molecular flexibility index (Phi) is 5.69. The van der Waals surface area contributed by atoms with Gasteiger partial charge in [-0.1, -0.05) is 30.2 Å². The van der Waals surface area contributed by atoms with Crippen LogP contribution in [0.1, 0.15) is 38.7 Å². The smallest absolute Gasteiger partial charge is 0.321 e. The molecule has 2 fully saturated rings. The van der Waals surface area contributed by atoms with Gasteiger partial charge in [0.15, 0.2) is 0 Å². The van der Waals surface area contributed by atoms with Gasteiger partial charge in [-0.05, 0) is 49.4 Å². The molecule has 4 nitrogen and oxygen atoms in total. The van der Waals surface area contributed by atoms with Gasteiger partial charge in [-0.15, -0.1) is 0 Å². The van der Waals surface area contributed by atoms with E-state index in [4.69, 9.17) is 16.3 Å². The maximum atomic E-state index is 12.8. The molecule has 0 N–H and O–H groups in total. The highest BCUT2D eigenvalue weighted by Crippen LogP contribution is 2.30. The number of rotatable bonds is 5. The normalized spacial score (nSPS) is 19.0. The molecular weight excluding hydrogens is 386 g/mol. The molecular formula is C21H23ClF2N2O2. The van der Waals surface area contributed by atoms with Crippen LogP contribution < -0.4 is 10.3 Å². The second-order valence-electron chi connectivity index (χ2n) is 7.50. The fraction of sp³-hybridized carbons (Fsp3) is 0.476. The Morgan fingerprint density at radius 1 is 1.04 bits per heavy atom. The third-order valence-corrected chi connectivity index (χ3v) is 6.17. The van der Waals surface area contributed by atoms with Gasteiger partial charge in [0.25, 0.3) is 5.56 Å². The van der Waals surface area contributed by atoms with Crippen molar-refractivity contribution in [1.82, 2.24) is 9.47 Å². The Labute approximate surface area is 167 Å². The second-order valence-corrected chi connectivity index (χ2v) is 7.87. The van der Waals surface area contributed by atoms with Crippen molar-refractivity contribution < 1.29 is 13.5 Å². The number of pyridine rings is 1. The molecule has 4 rings (SSSR count). The van der Waals surface area contributed by atoms with E-state index < -0.39 is 12.1 Å². The number of nitrogens with zero attached hydrogens (tertiary/aromatic N) is 2. The summed E-state index contributed by atoms with van der Waals surface area (Å²) in [5.74, 6) is 0.767. The van der Waals surface area contributed by atoms with Crippen molar-refractivity contribution >= 4 is 11.6 Å². The fourth-order valence-corrected chi connectivity index (χ4v) is 4.19. The summed E-state index contributed by atoms with van der Waals surface area (Å²) in [4.78, 5) is 14.5. The number of likely N-dealkylation sites (tertiary alicyclic amines) is 1. The third kappa shape index (κ3) is 3.94. The summed E-state index contributed by atoms with van der Waals surface area (Å²) >= 11 is 6.03. The van der Waals surface area contributed by atoms with Crippen LogP contribution in [0.4, 0.5) is 8.78 Å². The molecule has 2 aliphatic rings. The fourth-order valence-electron chi connectivity index (χ4n) is 3.92. The summed E-state index contributed by atoms with van der Waals surface area (Å²) < 4.78 is 32.0. The first-order valence-electron chi connectivity index (χ1n) is 9.73. The maximum Gasteiger partial charge on any atom is 0.321 e. The number of hydrogen-bond donors (Lipinski definition) is 0. The average Bonchev–Trinajstić information content (AvgIpc) is 2.65. The molecule has 0 amide bonds.